The molecule has 1 aliphatic heterocycles. The summed E-state index contributed by atoms with van der Waals surface area (Å²) < 4.78 is 0. The first-order chi connectivity index (χ1) is 9.38. The molecule has 0 unspecified atom stereocenters. The van der Waals surface area contributed by atoms with E-state index in [1.807, 2.05) is 0 Å². The van der Waals surface area contributed by atoms with Gasteiger partial charge < -0.3 is 16.0 Å². The van der Waals surface area contributed by atoms with Crippen molar-refractivity contribution in [2.24, 2.45) is 0 Å². The Morgan fingerprint density at radius 3 is 2.70 bits per heavy atom. The molecule has 1 fully saturated rings. The number of amides is 4. The van der Waals surface area contributed by atoms with Crippen molar-refractivity contribution in [1.82, 2.24) is 9.80 Å². The van der Waals surface area contributed by atoms with Crippen LogP contribution in [-0.2, 0) is 9.59 Å². The summed E-state index contributed by atoms with van der Waals surface area (Å²) in [4.78, 5) is 37.1. The van der Waals surface area contributed by atoms with Crippen LogP contribution >= 0.6 is 11.6 Å². The number of hydrogen-bond acceptors (Lipinski definition) is 4. The van der Waals surface area contributed by atoms with Gasteiger partial charge in [-0.1, -0.05) is 11.6 Å². The van der Waals surface area contributed by atoms with Gasteiger partial charge in [-0.25, -0.2) is 4.79 Å². The second-order valence-electron chi connectivity index (χ2n) is 4.40. The molecule has 8 heteroatoms. The van der Waals surface area contributed by atoms with E-state index in [1.165, 1.54) is 18.0 Å². The van der Waals surface area contributed by atoms with Crippen LogP contribution in [0.15, 0.2) is 18.2 Å². The minimum Gasteiger partial charge on any atom is -0.397 e. The maximum atomic E-state index is 11.8. The molecule has 0 atom stereocenters. The van der Waals surface area contributed by atoms with Crippen LogP contribution in [0.2, 0.25) is 5.02 Å². The first kappa shape index (κ1) is 14.1. The molecule has 2 rings (SSSR count). The zero-order chi connectivity index (χ0) is 14.9. The maximum Gasteiger partial charge on any atom is 0.327 e. The van der Waals surface area contributed by atoms with Crippen LogP contribution in [0.3, 0.4) is 0 Å². The number of urea groups is 1. The number of imide groups is 1. The molecule has 0 aliphatic carbocycles. The smallest absolute Gasteiger partial charge is 0.327 e. The van der Waals surface area contributed by atoms with Gasteiger partial charge in [-0.3, -0.25) is 14.5 Å². The van der Waals surface area contributed by atoms with Gasteiger partial charge in [-0.2, -0.15) is 0 Å². The standard InChI is InChI=1S/C12H13ClN4O3/c1-16-6-11(19)17(12(16)20)5-10(18)15-9-3-2-7(13)4-8(9)14/h2-4H,5-6,14H2,1H3,(H,15,18). The minimum atomic E-state index is -0.504. The van der Waals surface area contributed by atoms with Gasteiger partial charge in [0.2, 0.25) is 5.91 Å². The molecule has 0 spiro atoms. The lowest BCUT2D eigenvalue weighted by molar-refractivity contribution is -0.129. The van der Waals surface area contributed by atoms with Crippen molar-refractivity contribution in [3.05, 3.63) is 23.2 Å². The molecule has 0 radical (unpaired) electrons. The van der Waals surface area contributed by atoms with Crippen molar-refractivity contribution in [3.8, 4) is 0 Å². The van der Waals surface area contributed by atoms with Gasteiger partial charge in [0.15, 0.2) is 0 Å². The highest BCUT2D eigenvalue weighted by molar-refractivity contribution is 6.31. The molecule has 0 bridgehead atoms. The third-order valence-electron chi connectivity index (χ3n) is 2.82. The van der Waals surface area contributed by atoms with Gasteiger partial charge >= 0.3 is 6.03 Å². The van der Waals surface area contributed by atoms with Crippen molar-refractivity contribution < 1.29 is 14.4 Å². The van der Waals surface area contributed by atoms with Crippen molar-refractivity contribution in [2.45, 2.75) is 0 Å². The Bertz CT molecular complexity index is 590. The topological polar surface area (TPSA) is 95.7 Å². The van der Waals surface area contributed by atoms with E-state index in [0.29, 0.717) is 16.4 Å². The summed E-state index contributed by atoms with van der Waals surface area (Å²) in [5.41, 5.74) is 6.39. The third-order valence-corrected chi connectivity index (χ3v) is 3.06. The van der Waals surface area contributed by atoms with Crippen LogP contribution in [0.5, 0.6) is 0 Å². The van der Waals surface area contributed by atoms with E-state index in [2.05, 4.69) is 5.32 Å². The molecule has 7 nitrogen and oxygen atoms in total. The predicted octanol–water partition coefficient (Wildman–Crippen LogP) is 0.755. The second-order valence-corrected chi connectivity index (χ2v) is 4.83. The first-order valence-corrected chi connectivity index (χ1v) is 6.16. The number of hydrogen-bond donors (Lipinski definition) is 2. The molecule has 106 valence electrons. The highest BCUT2D eigenvalue weighted by Gasteiger charge is 2.34. The largest absolute Gasteiger partial charge is 0.397 e. The summed E-state index contributed by atoms with van der Waals surface area (Å²) in [6.45, 7) is -0.362. The Labute approximate surface area is 120 Å². The Kier molecular flexibility index (Phi) is 3.80. The molecule has 1 aromatic rings. The average molecular weight is 297 g/mol. The summed E-state index contributed by atoms with van der Waals surface area (Å²) >= 11 is 5.75. The van der Waals surface area contributed by atoms with Gasteiger partial charge in [0.25, 0.3) is 5.91 Å². The zero-order valence-corrected chi connectivity index (χ0v) is 11.5. The maximum absolute atomic E-state index is 11.8. The van der Waals surface area contributed by atoms with E-state index in [-0.39, 0.29) is 13.1 Å². The molecule has 3 N–H and O–H groups in total. The van der Waals surface area contributed by atoms with Crippen LogP contribution in [0.4, 0.5) is 16.2 Å². The molecule has 1 heterocycles. The zero-order valence-electron chi connectivity index (χ0n) is 10.7. The van der Waals surface area contributed by atoms with E-state index < -0.39 is 17.8 Å². The van der Waals surface area contributed by atoms with Crippen LogP contribution in [0, 0.1) is 0 Å². The lowest BCUT2D eigenvalue weighted by Crippen LogP contribution is -2.38. The van der Waals surface area contributed by atoms with E-state index >= 15 is 0 Å². The second kappa shape index (κ2) is 5.38. The number of nitrogens with one attached hydrogen (secondary N) is 1. The van der Waals surface area contributed by atoms with Gasteiger partial charge in [0.1, 0.15) is 13.1 Å². The van der Waals surface area contributed by atoms with E-state index in [0.717, 1.165) is 4.90 Å². The van der Waals surface area contributed by atoms with Crippen molar-refractivity contribution >= 4 is 40.8 Å². The fourth-order valence-electron chi connectivity index (χ4n) is 1.81. The van der Waals surface area contributed by atoms with Crippen molar-refractivity contribution in [1.29, 1.82) is 0 Å². The number of nitrogens with zero attached hydrogens (tertiary/aromatic N) is 2. The van der Waals surface area contributed by atoms with E-state index in [4.69, 9.17) is 17.3 Å². The molecule has 20 heavy (non-hydrogen) atoms. The lowest BCUT2D eigenvalue weighted by Gasteiger charge is -2.14. The molecule has 1 aromatic carbocycles. The molecule has 0 saturated carbocycles. The van der Waals surface area contributed by atoms with Gasteiger partial charge in [-0.05, 0) is 18.2 Å². The number of likely N-dealkylation sites (N-methyl/N-ethyl adjacent to an activating group) is 1. The van der Waals surface area contributed by atoms with Crippen molar-refractivity contribution in [2.75, 3.05) is 31.2 Å². The quantitative estimate of drug-likeness (QED) is 0.635. The number of benzene rings is 1. The Morgan fingerprint density at radius 1 is 1.45 bits per heavy atom. The number of nitrogens with two attached hydrogens (primary N) is 1. The molecule has 4 amide bonds. The fourth-order valence-corrected chi connectivity index (χ4v) is 1.99. The first-order valence-electron chi connectivity index (χ1n) is 5.79. The average Bonchev–Trinajstić information content (AvgIpc) is 2.60. The number of halogens is 1. The molecule has 1 aliphatic rings. The van der Waals surface area contributed by atoms with Crippen LogP contribution in [0.1, 0.15) is 0 Å². The summed E-state index contributed by atoms with van der Waals surface area (Å²) in [5.74, 6) is -0.909. The van der Waals surface area contributed by atoms with Crippen LogP contribution in [0.25, 0.3) is 0 Å². The number of carbonyl (C=O) groups is 3. The monoisotopic (exact) mass is 296 g/mol. The van der Waals surface area contributed by atoms with Crippen molar-refractivity contribution in [3.63, 3.8) is 0 Å². The van der Waals surface area contributed by atoms with Crippen LogP contribution in [-0.4, -0.2) is 47.8 Å². The molecule has 1 saturated heterocycles. The SMILES string of the molecule is CN1CC(=O)N(CC(=O)Nc2ccc(Cl)cc2N)C1=O. The highest BCUT2D eigenvalue weighted by atomic mass is 35.5. The summed E-state index contributed by atoms with van der Waals surface area (Å²) in [7, 11) is 1.50. The summed E-state index contributed by atoms with van der Waals surface area (Å²) in [6.07, 6.45) is 0. The van der Waals surface area contributed by atoms with E-state index in [1.54, 1.807) is 12.1 Å². The van der Waals surface area contributed by atoms with Gasteiger partial charge in [0.05, 0.1) is 11.4 Å². The van der Waals surface area contributed by atoms with Gasteiger partial charge in [-0.15, -0.1) is 0 Å². The number of anilines is 2. The highest BCUT2D eigenvalue weighted by Crippen LogP contribution is 2.22. The van der Waals surface area contributed by atoms with E-state index in [9.17, 15) is 14.4 Å². The molecule has 0 aromatic heterocycles. The number of rotatable bonds is 3. The third kappa shape index (κ3) is 2.83. The molecular weight excluding hydrogens is 284 g/mol. The summed E-state index contributed by atoms with van der Waals surface area (Å²) in [6, 6.07) is 4.13. The lowest BCUT2D eigenvalue weighted by atomic mass is 10.2. The van der Waals surface area contributed by atoms with Crippen LogP contribution < -0.4 is 11.1 Å². The summed E-state index contributed by atoms with van der Waals surface area (Å²) in [5, 5.41) is 2.98. The predicted molar refractivity (Wildman–Crippen MR) is 74.2 cm³/mol. The minimum absolute atomic E-state index is 0.0187. The Balaban J connectivity index is 2.03. The normalized spacial score (nSPS) is 14.9. The fraction of sp³-hybridized carbons (Fsp3) is 0.250. The van der Waals surface area contributed by atoms with Gasteiger partial charge in [0, 0.05) is 12.1 Å². The number of nitrogen functional groups attached to an aromatic ring is 1. The number of carbonyl (C=O) groups excluding carboxylic acids is 3. The Hall–Kier alpha value is -2.28. The molecular formula is C12H13ClN4O3. The Morgan fingerprint density at radius 2 is 2.15 bits per heavy atom.